The summed E-state index contributed by atoms with van der Waals surface area (Å²) in [5.41, 5.74) is 5.65. The van der Waals surface area contributed by atoms with Gasteiger partial charge in [0.1, 0.15) is 0 Å². The molecule has 0 unspecified atom stereocenters. The van der Waals surface area contributed by atoms with Gasteiger partial charge in [-0.2, -0.15) is 0 Å². The smallest absolute Gasteiger partial charge is 0.240 e. The monoisotopic (exact) mass is 240 g/mol. The van der Waals surface area contributed by atoms with Crippen LogP contribution in [0.3, 0.4) is 0 Å². The molecule has 1 fully saturated rings. The fourth-order valence-corrected chi connectivity index (χ4v) is 1.55. The van der Waals surface area contributed by atoms with Crippen LogP contribution in [0.5, 0.6) is 0 Å². The maximum absolute atomic E-state index is 12.9. The molecular formula is C12H14F2N2O. The molecule has 0 heterocycles. The highest BCUT2D eigenvalue weighted by Gasteiger charge is 2.45. The lowest BCUT2D eigenvalue weighted by molar-refractivity contribution is -0.123. The lowest BCUT2D eigenvalue weighted by Gasteiger charge is -2.09. The number of nitrogens with one attached hydrogen (secondary N) is 1. The average Bonchev–Trinajstić information content (AvgIpc) is 3.03. The van der Waals surface area contributed by atoms with Gasteiger partial charge in [-0.05, 0) is 37.0 Å². The first-order valence-electron chi connectivity index (χ1n) is 5.52. The third-order valence-corrected chi connectivity index (χ3v) is 2.92. The van der Waals surface area contributed by atoms with Crippen LogP contribution in [0.1, 0.15) is 18.4 Å². The summed E-state index contributed by atoms with van der Waals surface area (Å²) in [4.78, 5) is 11.5. The Morgan fingerprint density at radius 3 is 2.65 bits per heavy atom. The summed E-state index contributed by atoms with van der Waals surface area (Å²) >= 11 is 0. The van der Waals surface area contributed by atoms with Crippen LogP contribution in [0.4, 0.5) is 8.78 Å². The fourth-order valence-electron chi connectivity index (χ4n) is 1.55. The normalized spacial score (nSPS) is 16.6. The molecule has 1 aromatic carbocycles. The summed E-state index contributed by atoms with van der Waals surface area (Å²) in [5.74, 6) is -1.90. The molecule has 17 heavy (non-hydrogen) atoms. The quantitative estimate of drug-likeness (QED) is 0.828. The Bertz CT molecular complexity index is 444. The first-order valence-corrected chi connectivity index (χ1v) is 5.52. The summed E-state index contributed by atoms with van der Waals surface area (Å²) in [6, 6.07) is 3.72. The van der Waals surface area contributed by atoms with E-state index in [1.807, 2.05) is 0 Å². The van der Waals surface area contributed by atoms with Crippen molar-refractivity contribution < 1.29 is 13.6 Å². The molecule has 1 saturated carbocycles. The van der Waals surface area contributed by atoms with E-state index in [4.69, 9.17) is 5.73 Å². The number of amides is 1. The van der Waals surface area contributed by atoms with Gasteiger partial charge in [-0.3, -0.25) is 4.79 Å². The van der Waals surface area contributed by atoms with Crippen molar-refractivity contribution in [3.05, 3.63) is 35.4 Å². The van der Waals surface area contributed by atoms with Gasteiger partial charge < -0.3 is 11.1 Å². The van der Waals surface area contributed by atoms with Crippen LogP contribution in [0.25, 0.3) is 0 Å². The molecule has 3 nitrogen and oxygen atoms in total. The van der Waals surface area contributed by atoms with E-state index in [2.05, 4.69) is 5.32 Å². The van der Waals surface area contributed by atoms with Gasteiger partial charge in [0.05, 0.1) is 5.54 Å². The summed E-state index contributed by atoms with van der Waals surface area (Å²) in [6.45, 7) is 0.378. The van der Waals surface area contributed by atoms with Crippen LogP contribution in [0, 0.1) is 11.6 Å². The maximum atomic E-state index is 12.9. The second-order valence-corrected chi connectivity index (χ2v) is 4.41. The number of benzene rings is 1. The zero-order valence-electron chi connectivity index (χ0n) is 9.30. The minimum atomic E-state index is -0.869. The number of rotatable bonds is 4. The molecule has 0 spiro atoms. The van der Waals surface area contributed by atoms with Crippen molar-refractivity contribution in [1.82, 2.24) is 5.32 Å². The Kier molecular flexibility index (Phi) is 3.11. The molecule has 3 N–H and O–H groups in total. The van der Waals surface area contributed by atoms with Crippen molar-refractivity contribution in [1.29, 1.82) is 0 Å². The third kappa shape index (κ3) is 2.79. The minimum absolute atomic E-state index is 0.167. The van der Waals surface area contributed by atoms with Crippen LogP contribution in [-0.2, 0) is 11.2 Å². The molecule has 1 aliphatic carbocycles. The highest BCUT2D eigenvalue weighted by atomic mass is 19.2. The highest BCUT2D eigenvalue weighted by Crippen LogP contribution is 2.31. The molecule has 1 aliphatic rings. The van der Waals surface area contributed by atoms with Crippen molar-refractivity contribution in [3.8, 4) is 0 Å². The summed E-state index contributed by atoms with van der Waals surface area (Å²) in [7, 11) is 0. The SMILES string of the molecule is NC1(C(=O)NCCc2ccc(F)c(F)c2)CC1. The maximum Gasteiger partial charge on any atom is 0.240 e. The molecule has 2 rings (SSSR count). The molecule has 92 valence electrons. The van der Waals surface area contributed by atoms with Crippen molar-refractivity contribution in [2.75, 3.05) is 6.54 Å². The van der Waals surface area contributed by atoms with Crippen molar-refractivity contribution in [2.24, 2.45) is 5.73 Å². The van der Waals surface area contributed by atoms with Gasteiger partial charge in [-0.1, -0.05) is 6.07 Å². The predicted octanol–water partition coefficient (Wildman–Crippen LogP) is 1.11. The Hall–Kier alpha value is -1.49. The number of hydrogen-bond acceptors (Lipinski definition) is 2. The largest absolute Gasteiger partial charge is 0.354 e. The summed E-state index contributed by atoms with van der Waals surface area (Å²) < 4.78 is 25.5. The molecule has 0 saturated heterocycles. The molecule has 0 aliphatic heterocycles. The molecule has 0 atom stereocenters. The van der Waals surface area contributed by atoms with Gasteiger partial charge in [0.25, 0.3) is 0 Å². The molecule has 0 radical (unpaired) electrons. The van der Waals surface area contributed by atoms with E-state index < -0.39 is 17.2 Å². The lowest BCUT2D eigenvalue weighted by Crippen LogP contribution is -2.43. The first kappa shape index (κ1) is 12.0. The Labute approximate surface area is 98.0 Å². The molecule has 5 heteroatoms. The second kappa shape index (κ2) is 4.41. The van der Waals surface area contributed by atoms with E-state index in [0.717, 1.165) is 12.1 Å². The molecule has 0 aromatic heterocycles. The van der Waals surface area contributed by atoms with Crippen LogP contribution in [-0.4, -0.2) is 18.0 Å². The molecule has 1 aromatic rings. The van der Waals surface area contributed by atoms with Crippen LogP contribution in [0.15, 0.2) is 18.2 Å². The predicted molar refractivity (Wildman–Crippen MR) is 59.2 cm³/mol. The van der Waals surface area contributed by atoms with Crippen LogP contribution >= 0.6 is 0 Å². The van der Waals surface area contributed by atoms with Crippen molar-refractivity contribution in [2.45, 2.75) is 24.8 Å². The molecular weight excluding hydrogens is 226 g/mol. The highest BCUT2D eigenvalue weighted by molar-refractivity contribution is 5.88. The number of carbonyl (C=O) groups is 1. The van der Waals surface area contributed by atoms with E-state index in [1.54, 1.807) is 0 Å². The fraction of sp³-hybridized carbons (Fsp3) is 0.417. The molecule has 1 amide bonds. The number of halogens is 2. The van der Waals surface area contributed by atoms with Crippen molar-refractivity contribution in [3.63, 3.8) is 0 Å². The van der Waals surface area contributed by atoms with Gasteiger partial charge in [-0.25, -0.2) is 8.78 Å². The van der Waals surface area contributed by atoms with Gasteiger partial charge >= 0.3 is 0 Å². The Morgan fingerprint density at radius 2 is 2.06 bits per heavy atom. The number of nitrogens with two attached hydrogens (primary N) is 1. The zero-order valence-corrected chi connectivity index (χ0v) is 9.30. The second-order valence-electron chi connectivity index (χ2n) is 4.41. The van der Waals surface area contributed by atoms with Crippen LogP contribution < -0.4 is 11.1 Å². The van der Waals surface area contributed by atoms with E-state index in [9.17, 15) is 13.6 Å². The van der Waals surface area contributed by atoms with Crippen LogP contribution in [0.2, 0.25) is 0 Å². The summed E-state index contributed by atoms with van der Waals surface area (Å²) in [5, 5.41) is 2.69. The Balaban J connectivity index is 1.82. The van der Waals surface area contributed by atoms with Gasteiger partial charge in [0.15, 0.2) is 11.6 Å². The van der Waals surface area contributed by atoms with E-state index >= 15 is 0 Å². The van der Waals surface area contributed by atoms with E-state index in [0.29, 0.717) is 31.4 Å². The third-order valence-electron chi connectivity index (χ3n) is 2.92. The minimum Gasteiger partial charge on any atom is -0.354 e. The number of carbonyl (C=O) groups excluding carboxylic acids is 1. The van der Waals surface area contributed by atoms with Crippen molar-refractivity contribution >= 4 is 5.91 Å². The Morgan fingerprint density at radius 1 is 1.35 bits per heavy atom. The number of hydrogen-bond donors (Lipinski definition) is 2. The summed E-state index contributed by atoms with van der Waals surface area (Å²) in [6.07, 6.45) is 1.88. The lowest BCUT2D eigenvalue weighted by atomic mass is 10.1. The van der Waals surface area contributed by atoms with E-state index in [-0.39, 0.29) is 5.91 Å². The average molecular weight is 240 g/mol. The standard InChI is InChI=1S/C12H14F2N2O/c13-9-2-1-8(7-10(9)14)3-6-16-11(17)12(15)4-5-12/h1-2,7H,3-6,15H2,(H,16,17). The van der Waals surface area contributed by atoms with Gasteiger partial charge in [0.2, 0.25) is 5.91 Å². The van der Waals surface area contributed by atoms with E-state index in [1.165, 1.54) is 6.07 Å². The first-order chi connectivity index (χ1) is 8.01. The zero-order chi connectivity index (χ0) is 12.5. The van der Waals surface area contributed by atoms with Gasteiger partial charge in [0, 0.05) is 6.54 Å². The van der Waals surface area contributed by atoms with Gasteiger partial charge in [-0.15, -0.1) is 0 Å². The topological polar surface area (TPSA) is 55.1 Å². The molecule has 0 bridgehead atoms.